The highest BCUT2D eigenvalue weighted by molar-refractivity contribution is 6.28. The molecule has 0 amide bonds. The van der Waals surface area contributed by atoms with Gasteiger partial charge in [0.25, 0.3) is 0 Å². The summed E-state index contributed by atoms with van der Waals surface area (Å²) in [5, 5.41) is 4.73. The van der Waals surface area contributed by atoms with Crippen molar-refractivity contribution in [2.45, 2.75) is 18.9 Å². The topological polar surface area (TPSA) is 37.8 Å². The van der Waals surface area contributed by atoms with Crippen molar-refractivity contribution < 1.29 is 0 Å². The Kier molecular flexibility index (Phi) is 2.69. The van der Waals surface area contributed by atoms with Crippen molar-refractivity contribution in [3.63, 3.8) is 0 Å². The van der Waals surface area contributed by atoms with E-state index in [0.717, 1.165) is 29.6 Å². The van der Waals surface area contributed by atoms with Gasteiger partial charge in [0.1, 0.15) is 5.82 Å². The van der Waals surface area contributed by atoms with E-state index >= 15 is 0 Å². The molecule has 1 aliphatic rings. The van der Waals surface area contributed by atoms with E-state index < -0.39 is 0 Å². The second-order valence-corrected chi connectivity index (χ2v) is 4.48. The van der Waals surface area contributed by atoms with Crippen molar-refractivity contribution in [2.24, 2.45) is 0 Å². The summed E-state index contributed by atoms with van der Waals surface area (Å²) in [5.41, 5.74) is 0.876. The van der Waals surface area contributed by atoms with Crippen LogP contribution in [0, 0.1) is 0 Å². The van der Waals surface area contributed by atoms with Crippen molar-refractivity contribution in [1.29, 1.82) is 0 Å². The van der Waals surface area contributed by atoms with Crippen molar-refractivity contribution in [3.8, 4) is 0 Å². The first-order valence-electron chi connectivity index (χ1n) is 5.67. The van der Waals surface area contributed by atoms with Gasteiger partial charge in [0.15, 0.2) is 0 Å². The molecule has 0 aliphatic heterocycles. The summed E-state index contributed by atoms with van der Waals surface area (Å²) >= 11 is 5.93. The molecular formula is C13H12ClN3. The van der Waals surface area contributed by atoms with E-state index in [9.17, 15) is 0 Å². The average Bonchev–Trinajstić information content (AvgIpc) is 2.81. The zero-order valence-corrected chi connectivity index (χ0v) is 9.98. The van der Waals surface area contributed by atoms with Crippen molar-refractivity contribution >= 4 is 28.3 Å². The fraction of sp³-hybridized carbons (Fsp3) is 0.231. The molecule has 2 aromatic rings. The molecule has 1 aromatic heterocycles. The SMILES string of the molecule is Clc1nc(NC2CC=CC2)c2ccccc2n1. The summed E-state index contributed by atoms with van der Waals surface area (Å²) in [6, 6.07) is 8.31. The molecule has 1 aliphatic carbocycles. The number of benzene rings is 1. The number of nitrogens with one attached hydrogen (secondary N) is 1. The number of rotatable bonds is 2. The van der Waals surface area contributed by atoms with Crippen LogP contribution < -0.4 is 5.32 Å². The number of hydrogen-bond donors (Lipinski definition) is 1. The number of para-hydroxylation sites is 1. The highest BCUT2D eigenvalue weighted by Crippen LogP contribution is 2.24. The lowest BCUT2D eigenvalue weighted by atomic mass is 10.2. The minimum Gasteiger partial charge on any atom is -0.366 e. The Balaban J connectivity index is 2.01. The van der Waals surface area contributed by atoms with Crippen LogP contribution >= 0.6 is 11.6 Å². The summed E-state index contributed by atoms with van der Waals surface area (Å²) in [5.74, 6) is 0.828. The minimum absolute atomic E-state index is 0.289. The number of nitrogens with zero attached hydrogens (tertiary/aromatic N) is 2. The van der Waals surface area contributed by atoms with Gasteiger partial charge < -0.3 is 5.32 Å². The fourth-order valence-corrected chi connectivity index (χ4v) is 2.26. The summed E-state index contributed by atoms with van der Waals surface area (Å²) in [6.07, 6.45) is 6.44. The van der Waals surface area contributed by atoms with Gasteiger partial charge >= 0.3 is 0 Å². The maximum Gasteiger partial charge on any atom is 0.224 e. The number of halogens is 1. The van der Waals surface area contributed by atoms with E-state index in [-0.39, 0.29) is 5.28 Å². The van der Waals surface area contributed by atoms with Crippen molar-refractivity contribution in [2.75, 3.05) is 5.32 Å². The molecule has 0 saturated heterocycles. The number of aromatic nitrogens is 2. The lowest BCUT2D eigenvalue weighted by Gasteiger charge is -2.14. The fourth-order valence-electron chi connectivity index (χ4n) is 2.09. The standard InChI is InChI=1S/C13H12ClN3/c14-13-16-11-8-4-3-7-10(11)12(17-13)15-9-5-1-2-6-9/h1-4,7-9H,5-6H2,(H,15,16,17). The molecule has 0 fully saturated rings. The Hall–Kier alpha value is -1.61. The van der Waals surface area contributed by atoms with E-state index in [1.165, 1.54) is 0 Å². The minimum atomic E-state index is 0.289. The Morgan fingerprint density at radius 3 is 2.71 bits per heavy atom. The van der Waals surface area contributed by atoms with Gasteiger partial charge in [-0.15, -0.1) is 0 Å². The number of anilines is 1. The van der Waals surface area contributed by atoms with Gasteiger partial charge in [0.2, 0.25) is 5.28 Å². The second kappa shape index (κ2) is 4.34. The Morgan fingerprint density at radius 2 is 1.88 bits per heavy atom. The van der Waals surface area contributed by atoms with Crippen molar-refractivity contribution in [1.82, 2.24) is 9.97 Å². The van der Waals surface area contributed by atoms with E-state index in [1.54, 1.807) is 0 Å². The summed E-state index contributed by atoms with van der Waals surface area (Å²) in [6.45, 7) is 0. The maximum absolute atomic E-state index is 5.93. The van der Waals surface area contributed by atoms with Gasteiger partial charge in [-0.05, 0) is 36.6 Å². The predicted molar refractivity (Wildman–Crippen MR) is 70.3 cm³/mol. The van der Waals surface area contributed by atoms with Crippen LogP contribution in [0.5, 0.6) is 0 Å². The molecule has 1 N–H and O–H groups in total. The van der Waals surface area contributed by atoms with Crippen LogP contribution in [0.15, 0.2) is 36.4 Å². The Morgan fingerprint density at radius 1 is 1.12 bits per heavy atom. The van der Waals surface area contributed by atoms with Crippen LogP contribution in [-0.4, -0.2) is 16.0 Å². The molecule has 1 aromatic carbocycles. The lowest BCUT2D eigenvalue weighted by molar-refractivity contribution is 0.782. The van der Waals surface area contributed by atoms with Crippen LogP contribution in [-0.2, 0) is 0 Å². The van der Waals surface area contributed by atoms with Gasteiger partial charge in [0.05, 0.1) is 5.52 Å². The molecule has 0 spiro atoms. The highest BCUT2D eigenvalue weighted by Gasteiger charge is 2.13. The van der Waals surface area contributed by atoms with Crippen molar-refractivity contribution in [3.05, 3.63) is 41.7 Å². The molecule has 86 valence electrons. The molecule has 3 rings (SSSR count). The van der Waals surface area contributed by atoms with E-state index in [0.29, 0.717) is 6.04 Å². The predicted octanol–water partition coefficient (Wildman–Crippen LogP) is 3.41. The van der Waals surface area contributed by atoms with E-state index in [4.69, 9.17) is 11.6 Å². The zero-order valence-electron chi connectivity index (χ0n) is 9.23. The molecule has 0 bridgehead atoms. The van der Waals surface area contributed by atoms with Crippen LogP contribution in [0.2, 0.25) is 5.28 Å². The van der Waals surface area contributed by atoms with Gasteiger partial charge in [-0.3, -0.25) is 0 Å². The van der Waals surface area contributed by atoms with Gasteiger partial charge in [-0.25, -0.2) is 9.97 Å². The first-order chi connectivity index (χ1) is 8.33. The third-order valence-corrected chi connectivity index (χ3v) is 3.09. The molecule has 17 heavy (non-hydrogen) atoms. The first-order valence-corrected chi connectivity index (χ1v) is 6.04. The number of fused-ring (bicyclic) bond motifs is 1. The second-order valence-electron chi connectivity index (χ2n) is 4.14. The van der Waals surface area contributed by atoms with Crippen LogP contribution in [0.1, 0.15) is 12.8 Å². The van der Waals surface area contributed by atoms with Gasteiger partial charge in [-0.2, -0.15) is 0 Å². The third kappa shape index (κ3) is 2.11. The largest absolute Gasteiger partial charge is 0.366 e. The average molecular weight is 246 g/mol. The lowest BCUT2D eigenvalue weighted by Crippen LogP contribution is -2.16. The van der Waals surface area contributed by atoms with Crippen LogP contribution in [0.3, 0.4) is 0 Å². The first kappa shape index (κ1) is 10.5. The summed E-state index contributed by atoms with van der Waals surface area (Å²) in [7, 11) is 0. The van der Waals surface area contributed by atoms with E-state index in [1.807, 2.05) is 24.3 Å². The maximum atomic E-state index is 5.93. The molecule has 1 heterocycles. The van der Waals surface area contributed by atoms with Gasteiger partial charge in [0, 0.05) is 11.4 Å². The van der Waals surface area contributed by atoms with Crippen LogP contribution in [0.4, 0.5) is 5.82 Å². The smallest absolute Gasteiger partial charge is 0.224 e. The molecular weight excluding hydrogens is 234 g/mol. The van der Waals surface area contributed by atoms with Gasteiger partial charge in [-0.1, -0.05) is 24.3 Å². The quantitative estimate of drug-likeness (QED) is 0.651. The summed E-state index contributed by atoms with van der Waals surface area (Å²) in [4.78, 5) is 8.49. The van der Waals surface area contributed by atoms with E-state index in [2.05, 4.69) is 27.4 Å². The molecule has 0 saturated carbocycles. The van der Waals surface area contributed by atoms with Crippen LogP contribution in [0.25, 0.3) is 10.9 Å². The monoisotopic (exact) mass is 245 g/mol. The number of hydrogen-bond acceptors (Lipinski definition) is 3. The Bertz CT molecular complexity index is 572. The summed E-state index contributed by atoms with van der Waals surface area (Å²) < 4.78 is 0. The molecule has 0 radical (unpaired) electrons. The zero-order chi connectivity index (χ0) is 11.7. The molecule has 0 atom stereocenters. The Labute approximate surface area is 105 Å². The molecule has 4 heteroatoms. The highest BCUT2D eigenvalue weighted by atomic mass is 35.5. The third-order valence-electron chi connectivity index (χ3n) is 2.92. The normalized spacial score (nSPS) is 15.6. The molecule has 3 nitrogen and oxygen atoms in total. The molecule has 0 unspecified atom stereocenters.